The lowest BCUT2D eigenvalue weighted by Crippen LogP contribution is -2.44. The van der Waals surface area contributed by atoms with Gasteiger partial charge >= 0.3 is 0 Å². The molecule has 2 aromatic carbocycles. The number of para-hydroxylation sites is 2. The topological polar surface area (TPSA) is 21.7 Å². The number of hydrogen-bond donors (Lipinski definition) is 0. The zero-order chi connectivity index (χ0) is 16.6. The van der Waals surface area contributed by atoms with E-state index in [-0.39, 0.29) is 5.41 Å². The Morgan fingerprint density at radius 2 is 1.88 bits per heavy atom. The Morgan fingerprint density at radius 3 is 2.62 bits per heavy atom. The van der Waals surface area contributed by atoms with Gasteiger partial charge in [0.1, 0.15) is 5.75 Å². The van der Waals surface area contributed by atoms with Gasteiger partial charge in [-0.2, -0.15) is 0 Å². The molecule has 0 N–H and O–H groups in total. The molecule has 3 heteroatoms. The van der Waals surface area contributed by atoms with Crippen molar-refractivity contribution in [1.29, 1.82) is 0 Å². The van der Waals surface area contributed by atoms with E-state index in [0.717, 1.165) is 49.7 Å². The number of methoxy groups -OCH3 is 1. The Hall–Kier alpha value is -2.44. The van der Waals surface area contributed by atoms with E-state index < -0.39 is 0 Å². The second-order valence-corrected chi connectivity index (χ2v) is 6.50. The average Bonchev–Trinajstić information content (AvgIpc) is 2.63. The molecule has 2 aromatic rings. The Balaban J connectivity index is 1.84. The number of fused-ring (bicyclic) bond motifs is 4. The molecular weight excluding hydrogens is 298 g/mol. The zero-order valence-electron chi connectivity index (χ0n) is 13.9. The molecule has 0 amide bonds. The van der Waals surface area contributed by atoms with Gasteiger partial charge in [0, 0.05) is 29.6 Å². The summed E-state index contributed by atoms with van der Waals surface area (Å²) in [5.74, 6) is 5.37. The van der Waals surface area contributed by atoms with Gasteiger partial charge in [-0.05, 0) is 25.0 Å². The predicted molar refractivity (Wildman–Crippen MR) is 94.8 cm³/mol. The minimum absolute atomic E-state index is 0.0240. The third-order valence-electron chi connectivity index (χ3n) is 5.35. The van der Waals surface area contributed by atoms with Crippen LogP contribution in [-0.2, 0) is 5.41 Å². The predicted octanol–water partition coefficient (Wildman–Crippen LogP) is 3.82. The van der Waals surface area contributed by atoms with Gasteiger partial charge in [0.15, 0.2) is 11.5 Å². The first-order valence-electron chi connectivity index (χ1n) is 8.39. The molecule has 24 heavy (non-hydrogen) atoms. The van der Waals surface area contributed by atoms with Crippen molar-refractivity contribution in [2.24, 2.45) is 0 Å². The molecule has 0 radical (unpaired) electrons. The van der Waals surface area contributed by atoms with Crippen molar-refractivity contribution in [3.8, 4) is 29.6 Å². The van der Waals surface area contributed by atoms with Gasteiger partial charge < -0.3 is 9.47 Å². The Morgan fingerprint density at radius 1 is 1.12 bits per heavy atom. The van der Waals surface area contributed by atoms with Crippen molar-refractivity contribution in [3.05, 3.63) is 53.6 Å². The highest BCUT2D eigenvalue weighted by Crippen LogP contribution is 2.55. The van der Waals surface area contributed by atoms with E-state index in [0.29, 0.717) is 0 Å². The van der Waals surface area contributed by atoms with E-state index in [1.54, 1.807) is 7.11 Å². The number of hydrogen-bond acceptors (Lipinski definition) is 3. The second kappa shape index (κ2) is 5.89. The van der Waals surface area contributed by atoms with Crippen LogP contribution >= 0.6 is 0 Å². The summed E-state index contributed by atoms with van der Waals surface area (Å²) in [6.07, 6.45) is 7.57. The summed E-state index contributed by atoms with van der Waals surface area (Å²) in [4.78, 5) is 2.35. The Labute approximate surface area is 143 Å². The SMILES string of the molecule is C#CCN1CCC2(CC1)c1ccccc1Oc1c(OC)cccc12. The highest BCUT2D eigenvalue weighted by atomic mass is 16.5. The lowest BCUT2D eigenvalue weighted by molar-refractivity contribution is 0.187. The van der Waals surface area contributed by atoms with E-state index in [2.05, 4.69) is 41.2 Å². The van der Waals surface area contributed by atoms with E-state index in [1.807, 2.05) is 12.1 Å². The molecule has 0 aromatic heterocycles. The lowest BCUT2D eigenvalue weighted by Gasteiger charge is -2.45. The monoisotopic (exact) mass is 319 g/mol. The third kappa shape index (κ3) is 2.18. The summed E-state index contributed by atoms with van der Waals surface area (Å²) in [5, 5.41) is 0. The lowest BCUT2D eigenvalue weighted by atomic mass is 9.66. The standard InChI is InChI=1S/C21H21NO2/c1-3-13-22-14-11-21(12-15-22)16-7-4-5-9-18(16)24-20-17(21)8-6-10-19(20)23-2/h1,4-10H,11-15H2,2H3. The maximum absolute atomic E-state index is 6.23. The zero-order valence-corrected chi connectivity index (χ0v) is 13.9. The molecule has 2 aliphatic rings. The van der Waals surface area contributed by atoms with Crippen LogP contribution in [0.2, 0.25) is 0 Å². The second-order valence-electron chi connectivity index (χ2n) is 6.50. The highest BCUT2D eigenvalue weighted by molar-refractivity contribution is 5.62. The molecule has 0 unspecified atom stereocenters. The molecule has 122 valence electrons. The number of benzene rings is 2. The van der Waals surface area contributed by atoms with E-state index >= 15 is 0 Å². The van der Waals surface area contributed by atoms with Crippen LogP contribution in [0.3, 0.4) is 0 Å². The maximum Gasteiger partial charge on any atom is 0.173 e. The molecule has 0 bridgehead atoms. The van der Waals surface area contributed by atoms with E-state index in [4.69, 9.17) is 15.9 Å². The summed E-state index contributed by atoms with van der Waals surface area (Å²) >= 11 is 0. The van der Waals surface area contributed by atoms with Gasteiger partial charge in [-0.3, -0.25) is 4.90 Å². The number of ether oxygens (including phenoxy) is 2. The molecular formula is C21H21NO2. The fourth-order valence-corrected chi connectivity index (χ4v) is 4.13. The van der Waals surface area contributed by atoms with E-state index in [9.17, 15) is 0 Å². The molecule has 4 rings (SSSR count). The molecule has 1 fully saturated rings. The van der Waals surface area contributed by atoms with Crippen molar-refractivity contribution in [2.75, 3.05) is 26.7 Å². The molecule has 0 aliphatic carbocycles. The number of piperidine rings is 1. The normalized spacial score (nSPS) is 18.2. The maximum atomic E-state index is 6.23. The van der Waals surface area contributed by atoms with Crippen LogP contribution in [0.5, 0.6) is 17.2 Å². The van der Waals surface area contributed by atoms with Crippen molar-refractivity contribution in [3.63, 3.8) is 0 Å². The molecule has 1 spiro atoms. The van der Waals surface area contributed by atoms with Crippen molar-refractivity contribution < 1.29 is 9.47 Å². The van der Waals surface area contributed by atoms with Crippen LogP contribution in [0.15, 0.2) is 42.5 Å². The van der Waals surface area contributed by atoms with Gasteiger partial charge in [0.2, 0.25) is 0 Å². The summed E-state index contributed by atoms with van der Waals surface area (Å²) < 4.78 is 11.8. The minimum Gasteiger partial charge on any atom is -0.493 e. The summed E-state index contributed by atoms with van der Waals surface area (Å²) in [7, 11) is 1.70. The van der Waals surface area contributed by atoms with Gasteiger partial charge in [-0.25, -0.2) is 0 Å². The van der Waals surface area contributed by atoms with Crippen molar-refractivity contribution >= 4 is 0 Å². The average molecular weight is 319 g/mol. The largest absolute Gasteiger partial charge is 0.493 e. The number of terminal acetylenes is 1. The molecule has 0 saturated carbocycles. The quantitative estimate of drug-likeness (QED) is 0.786. The van der Waals surface area contributed by atoms with E-state index in [1.165, 1.54) is 11.1 Å². The van der Waals surface area contributed by atoms with Crippen LogP contribution in [-0.4, -0.2) is 31.6 Å². The van der Waals surface area contributed by atoms with Crippen LogP contribution in [0, 0.1) is 12.3 Å². The summed E-state index contributed by atoms with van der Waals surface area (Å²) in [6, 6.07) is 14.6. The van der Waals surface area contributed by atoms with Gasteiger partial charge in [0.05, 0.1) is 13.7 Å². The van der Waals surface area contributed by atoms with Crippen LogP contribution in [0.25, 0.3) is 0 Å². The van der Waals surface area contributed by atoms with Crippen LogP contribution < -0.4 is 9.47 Å². The van der Waals surface area contributed by atoms with Gasteiger partial charge in [-0.1, -0.05) is 36.3 Å². The third-order valence-corrected chi connectivity index (χ3v) is 5.35. The smallest absolute Gasteiger partial charge is 0.173 e. The first kappa shape index (κ1) is 15.1. The molecule has 2 aliphatic heterocycles. The number of likely N-dealkylation sites (tertiary alicyclic amines) is 1. The molecule has 0 atom stereocenters. The fourth-order valence-electron chi connectivity index (χ4n) is 4.13. The number of rotatable bonds is 2. The van der Waals surface area contributed by atoms with Crippen molar-refractivity contribution in [2.45, 2.75) is 18.3 Å². The Bertz CT molecular complexity index is 798. The summed E-state index contributed by atoms with van der Waals surface area (Å²) in [5.41, 5.74) is 2.50. The van der Waals surface area contributed by atoms with Crippen LogP contribution in [0.4, 0.5) is 0 Å². The first-order chi connectivity index (χ1) is 11.8. The minimum atomic E-state index is -0.0240. The first-order valence-corrected chi connectivity index (χ1v) is 8.39. The summed E-state index contributed by atoms with van der Waals surface area (Å²) in [6.45, 7) is 2.71. The Kier molecular flexibility index (Phi) is 3.70. The van der Waals surface area contributed by atoms with Crippen molar-refractivity contribution in [1.82, 2.24) is 4.90 Å². The fraction of sp³-hybridized carbons (Fsp3) is 0.333. The van der Waals surface area contributed by atoms with Gasteiger partial charge in [-0.15, -0.1) is 6.42 Å². The molecule has 3 nitrogen and oxygen atoms in total. The number of nitrogens with zero attached hydrogens (tertiary/aromatic N) is 1. The van der Waals surface area contributed by atoms with Crippen LogP contribution in [0.1, 0.15) is 24.0 Å². The molecule has 2 heterocycles. The van der Waals surface area contributed by atoms with Gasteiger partial charge in [0.25, 0.3) is 0 Å². The molecule has 1 saturated heterocycles. The highest BCUT2D eigenvalue weighted by Gasteiger charge is 2.44.